The van der Waals surface area contributed by atoms with Gasteiger partial charge in [-0.1, -0.05) is 12.1 Å². The summed E-state index contributed by atoms with van der Waals surface area (Å²) in [5, 5.41) is 0. The van der Waals surface area contributed by atoms with E-state index in [-0.39, 0.29) is 11.4 Å². The smallest absolute Gasteiger partial charge is 0.242 e. The summed E-state index contributed by atoms with van der Waals surface area (Å²) in [7, 11) is -3.61. The fraction of sp³-hybridized carbons (Fsp3) is 0.286. The van der Waals surface area contributed by atoms with Gasteiger partial charge in [0.15, 0.2) is 0 Å². The number of nitrogens with one attached hydrogen (secondary N) is 1. The number of hydrogen-bond acceptors (Lipinski definition) is 4. The van der Waals surface area contributed by atoms with E-state index in [1.54, 1.807) is 38.3 Å². The first kappa shape index (κ1) is 14.6. The van der Waals surface area contributed by atoms with Gasteiger partial charge in [0.1, 0.15) is 10.7 Å². The van der Waals surface area contributed by atoms with Gasteiger partial charge in [-0.3, -0.25) is 0 Å². The van der Waals surface area contributed by atoms with Gasteiger partial charge in [0.2, 0.25) is 10.0 Å². The number of nitrogens with two attached hydrogens (primary N) is 1. The van der Waals surface area contributed by atoms with E-state index in [0.717, 1.165) is 11.3 Å². The second-order valence-corrected chi connectivity index (χ2v) is 6.37. The number of furan rings is 1. The minimum absolute atomic E-state index is 0.164. The molecular formula is C14H18N2O3S. The zero-order valence-corrected chi connectivity index (χ0v) is 12.3. The number of anilines is 1. The second kappa shape index (κ2) is 5.68. The predicted molar refractivity (Wildman–Crippen MR) is 77.9 cm³/mol. The summed E-state index contributed by atoms with van der Waals surface area (Å²) in [6.45, 7) is 3.79. The lowest BCUT2D eigenvalue weighted by molar-refractivity contribution is 0.506. The van der Waals surface area contributed by atoms with Gasteiger partial charge >= 0.3 is 0 Å². The van der Waals surface area contributed by atoms with Crippen LogP contribution in [0.15, 0.2) is 39.8 Å². The molecule has 2 aromatic rings. The molecule has 3 N–H and O–H groups in total. The topological polar surface area (TPSA) is 85.3 Å². The number of nitrogen functional groups attached to an aromatic ring is 1. The zero-order valence-electron chi connectivity index (χ0n) is 11.5. The lowest BCUT2D eigenvalue weighted by Crippen LogP contribution is -2.27. The molecule has 0 aliphatic rings. The standard InChI is InChI=1S/C14H18N2O3S/c1-10-5-6-11(2)14(13(10)15)20(17,18)16-8-7-12-4-3-9-19-12/h3-6,9,16H,7-8,15H2,1-2H3. The lowest BCUT2D eigenvalue weighted by Gasteiger charge is -2.13. The third kappa shape index (κ3) is 3.02. The van der Waals surface area contributed by atoms with E-state index < -0.39 is 10.0 Å². The first-order valence-electron chi connectivity index (χ1n) is 6.29. The quantitative estimate of drug-likeness (QED) is 0.826. The Bertz CT molecular complexity index is 691. The third-order valence-electron chi connectivity index (χ3n) is 3.12. The summed E-state index contributed by atoms with van der Waals surface area (Å²) in [5.74, 6) is 0.738. The van der Waals surface area contributed by atoms with E-state index in [1.807, 2.05) is 6.07 Å². The van der Waals surface area contributed by atoms with Crippen LogP contribution in [-0.2, 0) is 16.4 Å². The van der Waals surface area contributed by atoms with Crippen molar-refractivity contribution in [3.8, 4) is 0 Å². The highest BCUT2D eigenvalue weighted by molar-refractivity contribution is 7.89. The average Bonchev–Trinajstić information content (AvgIpc) is 2.87. The van der Waals surface area contributed by atoms with Crippen LogP contribution in [0, 0.1) is 13.8 Å². The molecule has 0 aliphatic heterocycles. The van der Waals surface area contributed by atoms with Crippen LogP contribution < -0.4 is 10.5 Å². The van der Waals surface area contributed by atoms with E-state index in [0.29, 0.717) is 17.7 Å². The molecule has 1 aromatic carbocycles. The minimum Gasteiger partial charge on any atom is -0.469 e. The van der Waals surface area contributed by atoms with Crippen molar-refractivity contribution in [2.75, 3.05) is 12.3 Å². The van der Waals surface area contributed by atoms with Gasteiger partial charge in [-0.15, -0.1) is 0 Å². The summed E-state index contributed by atoms with van der Waals surface area (Å²) in [5.41, 5.74) is 7.59. The van der Waals surface area contributed by atoms with Gasteiger partial charge in [-0.05, 0) is 37.1 Å². The third-order valence-corrected chi connectivity index (χ3v) is 4.79. The van der Waals surface area contributed by atoms with E-state index in [4.69, 9.17) is 10.2 Å². The van der Waals surface area contributed by atoms with Crippen LogP contribution in [0.1, 0.15) is 16.9 Å². The van der Waals surface area contributed by atoms with Crippen molar-refractivity contribution in [1.29, 1.82) is 0 Å². The molecule has 0 spiro atoms. The minimum atomic E-state index is -3.61. The normalized spacial score (nSPS) is 11.7. The van der Waals surface area contributed by atoms with Crippen molar-refractivity contribution in [3.05, 3.63) is 47.4 Å². The van der Waals surface area contributed by atoms with Crippen molar-refractivity contribution < 1.29 is 12.8 Å². The van der Waals surface area contributed by atoms with Gasteiger partial charge in [-0.25, -0.2) is 13.1 Å². The molecule has 5 nitrogen and oxygen atoms in total. The molecule has 0 saturated heterocycles. The van der Waals surface area contributed by atoms with E-state index >= 15 is 0 Å². The molecule has 108 valence electrons. The molecule has 1 aromatic heterocycles. The SMILES string of the molecule is Cc1ccc(C)c(S(=O)(=O)NCCc2ccco2)c1N. The van der Waals surface area contributed by atoms with Gasteiger partial charge in [-0.2, -0.15) is 0 Å². The van der Waals surface area contributed by atoms with Crippen molar-refractivity contribution in [2.45, 2.75) is 25.2 Å². The highest BCUT2D eigenvalue weighted by Crippen LogP contribution is 2.25. The molecule has 0 radical (unpaired) electrons. The van der Waals surface area contributed by atoms with E-state index in [2.05, 4.69) is 4.72 Å². The van der Waals surface area contributed by atoms with E-state index in [9.17, 15) is 8.42 Å². The molecule has 0 saturated carbocycles. The van der Waals surface area contributed by atoms with Crippen molar-refractivity contribution >= 4 is 15.7 Å². The first-order chi connectivity index (χ1) is 9.42. The highest BCUT2D eigenvalue weighted by Gasteiger charge is 2.20. The molecule has 0 amide bonds. The fourth-order valence-electron chi connectivity index (χ4n) is 2.00. The van der Waals surface area contributed by atoms with Crippen LogP contribution in [0.3, 0.4) is 0 Å². The van der Waals surface area contributed by atoms with Gasteiger partial charge in [0.25, 0.3) is 0 Å². The molecule has 6 heteroatoms. The molecule has 0 fully saturated rings. The number of hydrogen-bond donors (Lipinski definition) is 2. The second-order valence-electron chi connectivity index (χ2n) is 4.67. The highest BCUT2D eigenvalue weighted by atomic mass is 32.2. The van der Waals surface area contributed by atoms with E-state index in [1.165, 1.54) is 0 Å². The zero-order chi connectivity index (χ0) is 14.8. The fourth-order valence-corrected chi connectivity index (χ4v) is 3.46. The van der Waals surface area contributed by atoms with Crippen LogP contribution in [-0.4, -0.2) is 15.0 Å². The predicted octanol–water partition coefficient (Wildman–Crippen LogP) is 2.00. The van der Waals surface area contributed by atoms with Gasteiger partial charge < -0.3 is 10.2 Å². The molecule has 0 aliphatic carbocycles. The van der Waals surface area contributed by atoms with Crippen molar-refractivity contribution in [1.82, 2.24) is 4.72 Å². The lowest BCUT2D eigenvalue weighted by atomic mass is 10.1. The molecule has 20 heavy (non-hydrogen) atoms. The maximum atomic E-state index is 12.3. The van der Waals surface area contributed by atoms with Crippen LogP contribution >= 0.6 is 0 Å². The Kier molecular flexibility index (Phi) is 4.15. The molecule has 0 atom stereocenters. The Labute approximate surface area is 118 Å². The Morgan fingerprint density at radius 2 is 1.90 bits per heavy atom. The van der Waals surface area contributed by atoms with Crippen LogP contribution in [0.25, 0.3) is 0 Å². The molecule has 1 heterocycles. The van der Waals surface area contributed by atoms with Crippen LogP contribution in [0.2, 0.25) is 0 Å². The van der Waals surface area contributed by atoms with Gasteiger partial charge in [0.05, 0.1) is 12.0 Å². The Morgan fingerprint density at radius 1 is 1.20 bits per heavy atom. The molecule has 0 unspecified atom stereocenters. The number of sulfonamides is 1. The van der Waals surface area contributed by atoms with Crippen molar-refractivity contribution in [2.24, 2.45) is 0 Å². The Hall–Kier alpha value is -1.79. The van der Waals surface area contributed by atoms with Gasteiger partial charge in [0, 0.05) is 13.0 Å². The Morgan fingerprint density at radius 3 is 2.55 bits per heavy atom. The maximum absolute atomic E-state index is 12.3. The van der Waals surface area contributed by atoms with Crippen molar-refractivity contribution in [3.63, 3.8) is 0 Å². The molecule has 0 bridgehead atoms. The molecule has 2 rings (SSSR count). The summed E-state index contributed by atoms with van der Waals surface area (Å²) in [4.78, 5) is 0.164. The largest absolute Gasteiger partial charge is 0.469 e. The number of aryl methyl sites for hydroxylation is 2. The summed E-state index contributed by atoms with van der Waals surface area (Å²) in [6.07, 6.45) is 2.06. The maximum Gasteiger partial charge on any atom is 0.242 e. The first-order valence-corrected chi connectivity index (χ1v) is 7.78. The summed E-state index contributed by atoms with van der Waals surface area (Å²) >= 11 is 0. The number of benzene rings is 1. The van der Waals surface area contributed by atoms with Crippen LogP contribution in [0.5, 0.6) is 0 Å². The van der Waals surface area contributed by atoms with Crippen LogP contribution in [0.4, 0.5) is 5.69 Å². The summed E-state index contributed by atoms with van der Waals surface area (Å²) in [6, 6.07) is 7.15. The summed E-state index contributed by atoms with van der Waals surface area (Å²) < 4.78 is 32.4. The number of rotatable bonds is 5. The molecular weight excluding hydrogens is 276 g/mol. The average molecular weight is 294 g/mol. The Balaban J connectivity index is 2.16. The monoisotopic (exact) mass is 294 g/mol.